The minimum absolute atomic E-state index is 0.0753. The summed E-state index contributed by atoms with van der Waals surface area (Å²) < 4.78 is 1.63. The monoisotopic (exact) mass is 247 g/mol. The molecule has 2 atom stereocenters. The van der Waals surface area contributed by atoms with E-state index in [2.05, 4.69) is 20.3 Å². The highest BCUT2D eigenvalue weighted by Crippen LogP contribution is 2.31. The van der Waals surface area contributed by atoms with Gasteiger partial charge in [-0.25, -0.2) is 4.68 Å². The van der Waals surface area contributed by atoms with Crippen LogP contribution >= 0.6 is 0 Å². The molecule has 0 aliphatic heterocycles. The van der Waals surface area contributed by atoms with E-state index in [4.69, 9.17) is 11.5 Å². The van der Waals surface area contributed by atoms with E-state index in [1.807, 2.05) is 12.2 Å². The van der Waals surface area contributed by atoms with E-state index in [9.17, 15) is 5.11 Å². The van der Waals surface area contributed by atoms with Crippen LogP contribution in [-0.2, 0) is 0 Å². The summed E-state index contributed by atoms with van der Waals surface area (Å²) >= 11 is 0. The summed E-state index contributed by atoms with van der Waals surface area (Å²) in [6.07, 6.45) is 4.79. The molecule has 2 aromatic rings. The number of aromatic nitrogens is 5. The number of aliphatic hydroxyl groups is 1. The quantitative estimate of drug-likeness (QED) is 0.610. The highest BCUT2D eigenvalue weighted by molar-refractivity contribution is 5.81. The average molecular weight is 247 g/mol. The molecule has 8 nitrogen and oxygen atoms in total. The summed E-state index contributed by atoms with van der Waals surface area (Å²) in [5.74, 6) is 0.379. The van der Waals surface area contributed by atoms with Crippen molar-refractivity contribution in [3.63, 3.8) is 0 Å². The van der Waals surface area contributed by atoms with Crippen LogP contribution in [0.15, 0.2) is 12.2 Å². The third-order valence-corrected chi connectivity index (χ3v) is 3.14. The molecule has 2 aromatic heterocycles. The van der Waals surface area contributed by atoms with Gasteiger partial charge in [-0.15, -0.1) is 5.10 Å². The number of anilines is 2. The number of nitrogen functional groups attached to an aromatic ring is 2. The van der Waals surface area contributed by atoms with Crippen LogP contribution in [0, 0.1) is 5.92 Å². The van der Waals surface area contributed by atoms with E-state index >= 15 is 0 Å². The van der Waals surface area contributed by atoms with Gasteiger partial charge < -0.3 is 16.6 Å². The van der Waals surface area contributed by atoms with Gasteiger partial charge >= 0.3 is 0 Å². The summed E-state index contributed by atoms with van der Waals surface area (Å²) in [6.45, 7) is 0.0784. The van der Waals surface area contributed by atoms with Crippen LogP contribution in [0.4, 0.5) is 11.8 Å². The Kier molecular flexibility index (Phi) is 2.37. The second-order valence-corrected chi connectivity index (χ2v) is 4.27. The van der Waals surface area contributed by atoms with Crippen molar-refractivity contribution >= 4 is 22.9 Å². The Balaban J connectivity index is 2.15. The molecule has 0 saturated carbocycles. The summed E-state index contributed by atoms with van der Waals surface area (Å²) in [6, 6.07) is -0.0753. The molecule has 0 amide bonds. The molecule has 5 N–H and O–H groups in total. The lowest BCUT2D eigenvalue weighted by Gasteiger charge is -2.16. The molecule has 0 spiro atoms. The number of fused-ring (bicyclic) bond motifs is 1. The van der Waals surface area contributed by atoms with Gasteiger partial charge in [0.1, 0.15) is 0 Å². The SMILES string of the molecule is Nc1nc(N)c2nnn(C3C=CCC3CO)c2n1. The third kappa shape index (κ3) is 1.50. The van der Waals surface area contributed by atoms with Crippen LogP contribution in [0.25, 0.3) is 11.2 Å². The fourth-order valence-electron chi connectivity index (χ4n) is 2.22. The molecule has 0 bridgehead atoms. The van der Waals surface area contributed by atoms with E-state index in [1.54, 1.807) is 4.68 Å². The number of rotatable bonds is 2. The fraction of sp³-hybridized carbons (Fsp3) is 0.400. The summed E-state index contributed by atoms with van der Waals surface area (Å²) in [5.41, 5.74) is 12.2. The van der Waals surface area contributed by atoms with Crippen LogP contribution in [0.2, 0.25) is 0 Å². The Morgan fingerprint density at radius 3 is 3.00 bits per heavy atom. The van der Waals surface area contributed by atoms with Gasteiger partial charge in [0.2, 0.25) is 5.95 Å². The van der Waals surface area contributed by atoms with Gasteiger partial charge in [-0.1, -0.05) is 17.4 Å². The van der Waals surface area contributed by atoms with Crippen molar-refractivity contribution < 1.29 is 5.11 Å². The maximum atomic E-state index is 9.33. The van der Waals surface area contributed by atoms with E-state index in [0.717, 1.165) is 6.42 Å². The van der Waals surface area contributed by atoms with Crippen LogP contribution in [0.5, 0.6) is 0 Å². The zero-order chi connectivity index (χ0) is 12.7. The number of allylic oxidation sites excluding steroid dienone is 2. The summed E-state index contributed by atoms with van der Waals surface area (Å²) in [7, 11) is 0. The first-order valence-electron chi connectivity index (χ1n) is 5.62. The van der Waals surface area contributed by atoms with Crippen molar-refractivity contribution in [2.24, 2.45) is 5.92 Å². The molecule has 0 radical (unpaired) electrons. The number of hydrogen-bond acceptors (Lipinski definition) is 7. The highest BCUT2D eigenvalue weighted by atomic mass is 16.3. The lowest BCUT2D eigenvalue weighted by atomic mass is 10.0. The van der Waals surface area contributed by atoms with E-state index in [1.165, 1.54) is 0 Å². The maximum absolute atomic E-state index is 9.33. The smallest absolute Gasteiger partial charge is 0.224 e. The van der Waals surface area contributed by atoms with Crippen molar-refractivity contribution in [3.05, 3.63) is 12.2 Å². The molecular formula is C10H13N7O. The predicted molar refractivity (Wildman–Crippen MR) is 65.3 cm³/mol. The average Bonchev–Trinajstić information content (AvgIpc) is 2.93. The first kappa shape index (κ1) is 10.9. The van der Waals surface area contributed by atoms with Crippen molar-refractivity contribution in [1.29, 1.82) is 0 Å². The Hall–Kier alpha value is -2.22. The molecule has 0 saturated heterocycles. The lowest BCUT2D eigenvalue weighted by Crippen LogP contribution is -2.19. The molecule has 0 fully saturated rings. The van der Waals surface area contributed by atoms with Crippen LogP contribution < -0.4 is 11.5 Å². The van der Waals surface area contributed by atoms with Gasteiger partial charge in [-0.2, -0.15) is 9.97 Å². The van der Waals surface area contributed by atoms with E-state index in [-0.39, 0.29) is 30.3 Å². The molecular weight excluding hydrogens is 234 g/mol. The lowest BCUT2D eigenvalue weighted by molar-refractivity contribution is 0.199. The zero-order valence-corrected chi connectivity index (χ0v) is 9.56. The van der Waals surface area contributed by atoms with Gasteiger partial charge in [0.05, 0.1) is 6.04 Å². The van der Waals surface area contributed by atoms with Gasteiger partial charge in [0.25, 0.3) is 0 Å². The molecule has 18 heavy (non-hydrogen) atoms. The summed E-state index contributed by atoms with van der Waals surface area (Å²) in [4.78, 5) is 7.96. The third-order valence-electron chi connectivity index (χ3n) is 3.14. The number of nitrogens with two attached hydrogens (primary N) is 2. The Labute approximate surface area is 102 Å². The second-order valence-electron chi connectivity index (χ2n) is 4.27. The molecule has 1 aliphatic carbocycles. The van der Waals surface area contributed by atoms with Crippen LogP contribution in [-0.4, -0.2) is 36.7 Å². The van der Waals surface area contributed by atoms with E-state index < -0.39 is 0 Å². The van der Waals surface area contributed by atoms with Crippen molar-refractivity contribution in [3.8, 4) is 0 Å². The molecule has 0 aromatic carbocycles. The predicted octanol–water partition coefficient (Wildman–Crippen LogP) is -0.505. The van der Waals surface area contributed by atoms with E-state index in [0.29, 0.717) is 11.2 Å². The molecule has 2 unspecified atom stereocenters. The van der Waals surface area contributed by atoms with Gasteiger partial charge in [-0.3, -0.25) is 0 Å². The largest absolute Gasteiger partial charge is 0.396 e. The first-order chi connectivity index (χ1) is 8.70. The number of hydrogen-bond donors (Lipinski definition) is 3. The second kappa shape index (κ2) is 3.91. The highest BCUT2D eigenvalue weighted by Gasteiger charge is 2.27. The van der Waals surface area contributed by atoms with Crippen molar-refractivity contribution in [2.45, 2.75) is 12.5 Å². The standard InChI is InChI=1S/C10H13N7O/c11-8-7-9(14-10(12)13-8)17(16-15-7)6-3-1-2-5(6)4-18/h1,3,5-6,18H,2,4H2,(H4,11,12,13,14). The van der Waals surface area contributed by atoms with Crippen LogP contribution in [0.1, 0.15) is 12.5 Å². The molecule has 1 aliphatic rings. The van der Waals surface area contributed by atoms with Crippen LogP contribution in [0.3, 0.4) is 0 Å². The molecule has 94 valence electrons. The minimum Gasteiger partial charge on any atom is -0.396 e. The summed E-state index contributed by atoms with van der Waals surface area (Å²) in [5, 5.41) is 17.3. The van der Waals surface area contributed by atoms with Gasteiger partial charge in [0, 0.05) is 12.5 Å². The molecule has 2 heterocycles. The molecule has 8 heteroatoms. The minimum atomic E-state index is -0.0753. The molecule has 3 rings (SSSR count). The normalized spacial score (nSPS) is 22.9. The van der Waals surface area contributed by atoms with Gasteiger partial charge in [0.15, 0.2) is 17.0 Å². The number of nitrogens with zero attached hydrogens (tertiary/aromatic N) is 5. The van der Waals surface area contributed by atoms with Crippen molar-refractivity contribution in [1.82, 2.24) is 25.0 Å². The van der Waals surface area contributed by atoms with Crippen molar-refractivity contribution in [2.75, 3.05) is 18.1 Å². The Bertz CT molecular complexity index is 620. The van der Waals surface area contributed by atoms with Gasteiger partial charge in [-0.05, 0) is 6.42 Å². The zero-order valence-electron chi connectivity index (χ0n) is 9.56. The maximum Gasteiger partial charge on any atom is 0.224 e. The fourth-order valence-corrected chi connectivity index (χ4v) is 2.22. The topological polar surface area (TPSA) is 129 Å². The Morgan fingerprint density at radius 1 is 1.39 bits per heavy atom. The number of aliphatic hydroxyl groups excluding tert-OH is 1. The first-order valence-corrected chi connectivity index (χ1v) is 5.62. The Morgan fingerprint density at radius 2 is 2.22 bits per heavy atom.